The van der Waals surface area contributed by atoms with E-state index in [0.29, 0.717) is 5.56 Å². The molecule has 1 aromatic heterocycles. The quantitative estimate of drug-likeness (QED) is 0.762. The molecule has 0 unspecified atom stereocenters. The maximum absolute atomic E-state index is 12.0. The summed E-state index contributed by atoms with van der Waals surface area (Å²) in [6, 6.07) is 7.22. The molecule has 2 aromatic rings. The predicted octanol–water partition coefficient (Wildman–Crippen LogP) is 0.444. The van der Waals surface area contributed by atoms with Crippen molar-refractivity contribution in [2.75, 3.05) is 12.8 Å². The summed E-state index contributed by atoms with van der Waals surface area (Å²) in [4.78, 5) is 0. The average molecular weight is 359 g/mol. The molecule has 0 atom stereocenters. The van der Waals surface area contributed by atoms with Gasteiger partial charge in [0.2, 0.25) is 25.8 Å². The Hall–Kier alpha value is -1.78. The number of sulfone groups is 1. The largest absolute Gasteiger partial charge is 0.412 e. The third kappa shape index (κ3) is 5.41. The van der Waals surface area contributed by atoms with Gasteiger partial charge < -0.3 is 4.42 Å². The van der Waals surface area contributed by atoms with Crippen molar-refractivity contribution >= 4 is 19.9 Å². The molecule has 0 bridgehead atoms. The van der Waals surface area contributed by atoms with Crippen molar-refractivity contribution in [1.82, 2.24) is 14.9 Å². The Morgan fingerprint density at radius 1 is 1.17 bits per heavy atom. The first-order valence-electron chi connectivity index (χ1n) is 6.71. The van der Waals surface area contributed by atoms with Crippen LogP contribution in [-0.4, -0.2) is 39.8 Å². The first-order chi connectivity index (χ1) is 10.7. The fourth-order valence-electron chi connectivity index (χ4n) is 1.87. The van der Waals surface area contributed by atoms with E-state index in [9.17, 15) is 16.8 Å². The molecule has 0 amide bonds. The number of aromatic nitrogens is 2. The summed E-state index contributed by atoms with van der Waals surface area (Å²) >= 11 is 0. The molecule has 1 aromatic carbocycles. The summed E-state index contributed by atoms with van der Waals surface area (Å²) in [7, 11) is -7.06. The van der Waals surface area contributed by atoms with E-state index in [2.05, 4.69) is 14.9 Å². The van der Waals surface area contributed by atoms with Gasteiger partial charge >= 0.3 is 5.22 Å². The lowest BCUT2D eigenvalue weighted by Gasteiger charge is -2.06. The SMILES string of the molecule is Cc1cccc(CS(=O)(=O)NCCc2nnc(S(C)(=O)=O)o2)c1. The predicted molar refractivity (Wildman–Crippen MR) is 82.9 cm³/mol. The number of hydrogen-bond donors (Lipinski definition) is 1. The van der Waals surface area contributed by atoms with Gasteiger partial charge in [-0.3, -0.25) is 0 Å². The fraction of sp³-hybridized carbons (Fsp3) is 0.385. The zero-order chi connectivity index (χ0) is 17.1. The molecule has 0 aliphatic carbocycles. The molecule has 0 radical (unpaired) electrons. The van der Waals surface area contributed by atoms with Crippen molar-refractivity contribution in [3.8, 4) is 0 Å². The second-order valence-electron chi connectivity index (χ2n) is 5.13. The summed E-state index contributed by atoms with van der Waals surface area (Å²) in [6.07, 6.45) is 1.06. The lowest BCUT2D eigenvalue weighted by atomic mass is 10.2. The maximum atomic E-state index is 12.0. The van der Waals surface area contributed by atoms with Crippen LogP contribution in [0.2, 0.25) is 0 Å². The molecular weight excluding hydrogens is 342 g/mol. The van der Waals surface area contributed by atoms with E-state index in [-0.39, 0.29) is 24.6 Å². The summed E-state index contributed by atoms with van der Waals surface area (Å²) in [5.74, 6) is -0.0729. The highest BCUT2D eigenvalue weighted by molar-refractivity contribution is 7.90. The van der Waals surface area contributed by atoms with Gasteiger partial charge in [-0.1, -0.05) is 34.9 Å². The third-order valence-corrected chi connectivity index (χ3v) is 5.02. The minimum atomic E-state index is -3.56. The Bertz CT molecular complexity index is 888. The van der Waals surface area contributed by atoms with Crippen molar-refractivity contribution in [1.29, 1.82) is 0 Å². The van der Waals surface area contributed by atoms with Crippen LogP contribution in [0.1, 0.15) is 17.0 Å². The van der Waals surface area contributed by atoms with Crippen molar-refractivity contribution in [3.63, 3.8) is 0 Å². The molecule has 1 heterocycles. The highest BCUT2D eigenvalue weighted by Gasteiger charge is 2.17. The smallest absolute Gasteiger partial charge is 0.335 e. The van der Waals surface area contributed by atoms with Gasteiger partial charge in [0, 0.05) is 19.2 Å². The Morgan fingerprint density at radius 2 is 1.91 bits per heavy atom. The second kappa shape index (κ2) is 6.77. The van der Waals surface area contributed by atoms with Crippen LogP contribution in [0, 0.1) is 6.92 Å². The van der Waals surface area contributed by atoms with Crippen molar-refractivity contribution in [2.45, 2.75) is 24.3 Å². The third-order valence-electron chi connectivity index (χ3n) is 2.87. The monoisotopic (exact) mass is 359 g/mol. The maximum Gasteiger partial charge on any atom is 0.335 e. The second-order valence-corrected chi connectivity index (χ2v) is 8.83. The van der Waals surface area contributed by atoms with Crippen LogP contribution in [0.3, 0.4) is 0 Å². The molecule has 0 aliphatic heterocycles. The van der Waals surface area contributed by atoms with E-state index >= 15 is 0 Å². The molecule has 10 heteroatoms. The van der Waals surface area contributed by atoms with Gasteiger partial charge in [0.1, 0.15) is 0 Å². The molecule has 1 N–H and O–H groups in total. The lowest BCUT2D eigenvalue weighted by molar-refractivity contribution is 0.397. The number of benzene rings is 1. The molecule has 0 aliphatic rings. The van der Waals surface area contributed by atoms with Crippen molar-refractivity contribution in [2.24, 2.45) is 0 Å². The highest BCUT2D eigenvalue weighted by Crippen LogP contribution is 2.09. The highest BCUT2D eigenvalue weighted by atomic mass is 32.2. The molecule has 8 nitrogen and oxygen atoms in total. The van der Waals surface area contributed by atoms with Crippen LogP contribution >= 0.6 is 0 Å². The van der Waals surface area contributed by atoms with E-state index in [1.807, 2.05) is 13.0 Å². The van der Waals surface area contributed by atoms with Gasteiger partial charge in [-0.2, -0.15) is 0 Å². The number of nitrogens with zero attached hydrogens (tertiary/aromatic N) is 2. The summed E-state index contributed by atoms with van der Waals surface area (Å²) in [5, 5.41) is 6.49. The number of sulfonamides is 1. The molecule has 23 heavy (non-hydrogen) atoms. The van der Waals surface area contributed by atoms with Crippen LogP contribution in [0.25, 0.3) is 0 Å². The van der Waals surface area contributed by atoms with Crippen LogP contribution in [-0.2, 0) is 32.0 Å². The Kier molecular flexibility index (Phi) is 5.17. The summed E-state index contributed by atoms with van der Waals surface area (Å²) < 4.78 is 53.8. The standard InChI is InChI=1S/C13H17N3O5S2/c1-10-4-3-5-11(8-10)9-23(19,20)14-7-6-12-15-16-13(21-12)22(2,17)18/h3-5,8,14H,6-7,9H2,1-2H3. The summed E-state index contributed by atoms with van der Waals surface area (Å²) in [6.45, 7) is 1.93. The first-order valence-corrected chi connectivity index (χ1v) is 10.3. The van der Waals surface area contributed by atoms with E-state index in [4.69, 9.17) is 4.42 Å². The fourth-order valence-corrected chi connectivity index (χ4v) is 3.45. The lowest BCUT2D eigenvalue weighted by Crippen LogP contribution is -2.27. The molecular formula is C13H17N3O5S2. The van der Waals surface area contributed by atoms with E-state index in [0.717, 1.165) is 11.8 Å². The number of rotatable bonds is 7. The minimum Gasteiger partial charge on any atom is -0.412 e. The van der Waals surface area contributed by atoms with Gasteiger partial charge in [0.15, 0.2) is 0 Å². The van der Waals surface area contributed by atoms with Gasteiger partial charge in [-0.25, -0.2) is 21.6 Å². The first kappa shape index (κ1) is 17.6. The van der Waals surface area contributed by atoms with Gasteiger partial charge in [0.05, 0.1) is 5.75 Å². The molecule has 126 valence electrons. The average Bonchev–Trinajstić information content (AvgIpc) is 2.86. The number of aryl methyl sites for hydroxylation is 1. The van der Waals surface area contributed by atoms with Crippen LogP contribution < -0.4 is 4.72 Å². The van der Waals surface area contributed by atoms with Crippen molar-refractivity contribution < 1.29 is 21.3 Å². The molecule has 0 spiro atoms. The molecule has 2 rings (SSSR count). The Balaban J connectivity index is 1.91. The Morgan fingerprint density at radius 3 is 2.52 bits per heavy atom. The van der Waals surface area contributed by atoms with E-state index in [1.54, 1.807) is 18.2 Å². The normalized spacial score (nSPS) is 12.4. The number of nitrogens with one attached hydrogen (secondary N) is 1. The zero-order valence-electron chi connectivity index (χ0n) is 12.7. The van der Waals surface area contributed by atoms with Gasteiger partial charge in [0.25, 0.3) is 0 Å². The molecule has 0 fully saturated rings. The van der Waals surface area contributed by atoms with E-state index in [1.165, 1.54) is 0 Å². The minimum absolute atomic E-state index is 0.0412. The molecule has 0 saturated carbocycles. The van der Waals surface area contributed by atoms with Gasteiger partial charge in [-0.05, 0) is 12.5 Å². The Labute approximate surface area is 134 Å². The van der Waals surface area contributed by atoms with Crippen LogP contribution in [0.4, 0.5) is 0 Å². The van der Waals surface area contributed by atoms with Crippen LogP contribution in [0.5, 0.6) is 0 Å². The van der Waals surface area contributed by atoms with Crippen molar-refractivity contribution in [3.05, 3.63) is 41.3 Å². The van der Waals surface area contributed by atoms with Crippen LogP contribution in [0.15, 0.2) is 33.9 Å². The van der Waals surface area contributed by atoms with Gasteiger partial charge in [-0.15, -0.1) is 5.10 Å². The zero-order valence-corrected chi connectivity index (χ0v) is 14.3. The molecule has 0 saturated heterocycles. The summed E-state index contributed by atoms with van der Waals surface area (Å²) in [5.41, 5.74) is 1.67. The topological polar surface area (TPSA) is 119 Å². The van der Waals surface area contributed by atoms with E-state index < -0.39 is 25.1 Å². The number of hydrogen-bond acceptors (Lipinski definition) is 7.